The molecule has 29 heavy (non-hydrogen) atoms. The molecular formula is C21H28BrN3O4. The van der Waals surface area contributed by atoms with E-state index in [1.165, 1.54) is 12.1 Å². The Kier molecular flexibility index (Phi) is 9.37. The van der Waals surface area contributed by atoms with E-state index in [0.29, 0.717) is 18.1 Å². The molecule has 0 fully saturated rings. The number of nitro benzene ring substituents is 1. The number of likely N-dealkylation sites (N-methyl/N-ethyl adjacent to an activating group) is 1. The summed E-state index contributed by atoms with van der Waals surface area (Å²) in [7, 11) is 1.61. The second-order valence-electron chi connectivity index (χ2n) is 6.51. The summed E-state index contributed by atoms with van der Waals surface area (Å²) in [4.78, 5) is 12.7. The summed E-state index contributed by atoms with van der Waals surface area (Å²) >= 11 is 3.61. The first-order chi connectivity index (χ1) is 14.0. The Balaban J connectivity index is 1.97. The van der Waals surface area contributed by atoms with Crippen LogP contribution in [0, 0.1) is 10.1 Å². The van der Waals surface area contributed by atoms with Gasteiger partial charge in [0.1, 0.15) is 6.61 Å². The molecule has 158 valence electrons. The topological polar surface area (TPSA) is 76.9 Å². The van der Waals surface area contributed by atoms with E-state index in [2.05, 4.69) is 40.0 Å². The van der Waals surface area contributed by atoms with Crippen LogP contribution in [0.25, 0.3) is 0 Å². The Morgan fingerprint density at radius 2 is 1.83 bits per heavy atom. The number of methoxy groups -OCH3 is 1. The van der Waals surface area contributed by atoms with Crippen molar-refractivity contribution in [1.29, 1.82) is 0 Å². The van der Waals surface area contributed by atoms with Gasteiger partial charge in [-0.25, -0.2) is 0 Å². The molecule has 0 atom stereocenters. The van der Waals surface area contributed by atoms with Crippen molar-refractivity contribution in [1.82, 2.24) is 10.2 Å². The Labute approximate surface area is 180 Å². The van der Waals surface area contributed by atoms with E-state index in [0.717, 1.165) is 48.3 Å². The maximum absolute atomic E-state index is 10.7. The van der Waals surface area contributed by atoms with E-state index in [9.17, 15) is 10.1 Å². The minimum atomic E-state index is -0.417. The zero-order valence-corrected chi connectivity index (χ0v) is 18.7. The Bertz CT molecular complexity index is 795. The van der Waals surface area contributed by atoms with Gasteiger partial charge in [0.25, 0.3) is 5.69 Å². The molecule has 1 N–H and O–H groups in total. The largest absolute Gasteiger partial charge is 0.493 e. The van der Waals surface area contributed by atoms with E-state index in [1.807, 2.05) is 12.1 Å². The van der Waals surface area contributed by atoms with Gasteiger partial charge in [0.15, 0.2) is 11.5 Å². The molecule has 0 aromatic heterocycles. The van der Waals surface area contributed by atoms with Crippen molar-refractivity contribution in [2.45, 2.75) is 27.0 Å². The number of hydrogen-bond acceptors (Lipinski definition) is 6. The van der Waals surface area contributed by atoms with Gasteiger partial charge in [0.2, 0.25) is 0 Å². The number of nitrogens with zero attached hydrogens (tertiary/aromatic N) is 2. The monoisotopic (exact) mass is 465 g/mol. The first-order valence-corrected chi connectivity index (χ1v) is 10.4. The van der Waals surface area contributed by atoms with E-state index in [1.54, 1.807) is 19.2 Å². The number of rotatable bonds is 12. The highest BCUT2D eigenvalue weighted by atomic mass is 79.9. The van der Waals surface area contributed by atoms with Gasteiger partial charge < -0.3 is 19.7 Å². The fourth-order valence-electron chi connectivity index (χ4n) is 2.86. The molecule has 0 bridgehead atoms. The predicted molar refractivity (Wildman–Crippen MR) is 118 cm³/mol. The third kappa shape index (κ3) is 6.99. The molecule has 0 spiro atoms. The molecule has 0 radical (unpaired) electrons. The number of hydrogen-bond donors (Lipinski definition) is 1. The minimum Gasteiger partial charge on any atom is -0.493 e. The number of nitro groups is 1. The lowest BCUT2D eigenvalue weighted by atomic mass is 10.2. The van der Waals surface area contributed by atoms with E-state index >= 15 is 0 Å². The van der Waals surface area contributed by atoms with Crippen LogP contribution in [0.4, 0.5) is 5.69 Å². The predicted octanol–water partition coefficient (Wildman–Crippen LogP) is 4.38. The van der Waals surface area contributed by atoms with Gasteiger partial charge in [-0.2, -0.15) is 0 Å². The van der Waals surface area contributed by atoms with E-state index in [-0.39, 0.29) is 5.69 Å². The molecular weight excluding hydrogens is 438 g/mol. The first-order valence-electron chi connectivity index (χ1n) is 9.64. The summed E-state index contributed by atoms with van der Waals surface area (Å²) in [5.41, 5.74) is 1.99. The highest BCUT2D eigenvalue weighted by Gasteiger charge is 2.11. The third-order valence-electron chi connectivity index (χ3n) is 4.69. The Morgan fingerprint density at radius 1 is 1.14 bits per heavy atom. The molecule has 2 aromatic rings. The van der Waals surface area contributed by atoms with Crippen molar-refractivity contribution in [3.05, 3.63) is 62.1 Å². The van der Waals surface area contributed by atoms with Gasteiger partial charge in [-0.1, -0.05) is 29.8 Å². The molecule has 0 aliphatic rings. The quantitative estimate of drug-likeness (QED) is 0.284. The van der Waals surface area contributed by atoms with Gasteiger partial charge >= 0.3 is 0 Å². The summed E-state index contributed by atoms with van der Waals surface area (Å²) in [6.07, 6.45) is 0. The molecule has 7 nitrogen and oxygen atoms in total. The zero-order valence-electron chi connectivity index (χ0n) is 17.1. The van der Waals surface area contributed by atoms with Crippen molar-refractivity contribution in [2.24, 2.45) is 0 Å². The number of nitrogens with one attached hydrogen (secondary N) is 1. The van der Waals surface area contributed by atoms with Crippen molar-refractivity contribution >= 4 is 21.6 Å². The van der Waals surface area contributed by atoms with Crippen LogP contribution in [0.15, 0.2) is 40.9 Å². The molecule has 8 heteroatoms. The molecule has 0 heterocycles. The van der Waals surface area contributed by atoms with E-state index in [4.69, 9.17) is 9.47 Å². The van der Waals surface area contributed by atoms with Gasteiger partial charge in [0, 0.05) is 36.2 Å². The van der Waals surface area contributed by atoms with Crippen LogP contribution in [0.5, 0.6) is 11.5 Å². The summed E-state index contributed by atoms with van der Waals surface area (Å²) in [6, 6.07) is 10.2. The second-order valence-corrected chi connectivity index (χ2v) is 7.36. The number of ether oxygens (including phenoxy) is 2. The number of halogens is 1. The molecule has 0 aliphatic carbocycles. The molecule has 2 rings (SSSR count). The maximum Gasteiger partial charge on any atom is 0.269 e. The fraction of sp³-hybridized carbons (Fsp3) is 0.429. The highest BCUT2D eigenvalue weighted by molar-refractivity contribution is 9.10. The minimum absolute atomic E-state index is 0.0620. The molecule has 0 saturated carbocycles. The Hall–Kier alpha value is -2.16. The van der Waals surface area contributed by atoms with Crippen molar-refractivity contribution < 1.29 is 14.4 Å². The standard InChI is InChI=1S/C21H28BrN3O4/c1-4-24(5-2)11-10-23-14-17-12-20(28-3)21(13-19(17)22)29-15-16-6-8-18(9-7-16)25(26)27/h6-9,12-13,23H,4-5,10-11,14-15H2,1-3H3. The fourth-order valence-corrected chi connectivity index (χ4v) is 3.32. The van der Waals surface area contributed by atoms with Crippen LogP contribution in [0.3, 0.4) is 0 Å². The normalized spacial score (nSPS) is 10.9. The molecule has 2 aromatic carbocycles. The molecule has 0 unspecified atom stereocenters. The average molecular weight is 466 g/mol. The summed E-state index contributed by atoms with van der Waals surface area (Å²) in [5.74, 6) is 1.26. The smallest absolute Gasteiger partial charge is 0.269 e. The van der Waals surface area contributed by atoms with Crippen LogP contribution >= 0.6 is 15.9 Å². The SMILES string of the molecule is CCN(CC)CCNCc1cc(OC)c(OCc2ccc([N+](=O)[O-])cc2)cc1Br. The Morgan fingerprint density at radius 3 is 2.41 bits per heavy atom. The zero-order chi connectivity index (χ0) is 21.2. The lowest BCUT2D eigenvalue weighted by Gasteiger charge is -2.18. The van der Waals surface area contributed by atoms with Crippen LogP contribution in [-0.2, 0) is 13.2 Å². The van der Waals surface area contributed by atoms with Crippen LogP contribution < -0.4 is 14.8 Å². The van der Waals surface area contributed by atoms with Crippen LogP contribution in [0.1, 0.15) is 25.0 Å². The van der Waals surface area contributed by atoms with E-state index < -0.39 is 4.92 Å². The van der Waals surface area contributed by atoms with Gasteiger partial charge in [0.05, 0.1) is 12.0 Å². The van der Waals surface area contributed by atoms with Gasteiger partial charge in [-0.3, -0.25) is 10.1 Å². The molecule has 0 amide bonds. The van der Waals surface area contributed by atoms with Crippen molar-refractivity contribution in [2.75, 3.05) is 33.3 Å². The number of non-ortho nitro benzene ring substituents is 1. The summed E-state index contributed by atoms with van der Waals surface area (Å²) < 4.78 is 12.3. The van der Waals surface area contributed by atoms with Gasteiger partial charge in [-0.05, 0) is 48.5 Å². The number of benzene rings is 2. The van der Waals surface area contributed by atoms with Crippen LogP contribution in [-0.4, -0.2) is 43.1 Å². The van der Waals surface area contributed by atoms with Crippen molar-refractivity contribution in [3.8, 4) is 11.5 Å². The first kappa shape index (κ1) is 23.1. The lowest BCUT2D eigenvalue weighted by molar-refractivity contribution is -0.384. The average Bonchev–Trinajstić information content (AvgIpc) is 2.73. The second kappa shape index (κ2) is 11.7. The van der Waals surface area contributed by atoms with Crippen molar-refractivity contribution in [3.63, 3.8) is 0 Å². The molecule has 0 saturated heterocycles. The van der Waals surface area contributed by atoms with Gasteiger partial charge in [-0.15, -0.1) is 0 Å². The maximum atomic E-state index is 10.7. The lowest BCUT2D eigenvalue weighted by Crippen LogP contribution is -2.31. The highest BCUT2D eigenvalue weighted by Crippen LogP contribution is 2.34. The summed E-state index contributed by atoms with van der Waals surface area (Å²) in [6.45, 7) is 9.38. The van der Waals surface area contributed by atoms with Crippen LogP contribution in [0.2, 0.25) is 0 Å². The third-order valence-corrected chi connectivity index (χ3v) is 5.43. The molecule has 0 aliphatic heterocycles. The summed E-state index contributed by atoms with van der Waals surface area (Å²) in [5, 5.41) is 14.2.